The van der Waals surface area contributed by atoms with Crippen molar-refractivity contribution >= 4 is 23.4 Å². The number of aryl methyl sites for hydroxylation is 1. The molecule has 1 N–H and O–H groups in total. The Hall–Kier alpha value is -2.36. The Bertz CT molecular complexity index is 972. The van der Waals surface area contributed by atoms with Crippen molar-refractivity contribution in [3.8, 4) is 11.5 Å². The van der Waals surface area contributed by atoms with E-state index in [-0.39, 0.29) is 12.4 Å². The van der Waals surface area contributed by atoms with Crippen LogP contribution >= 0.6 is 23.4 Å². The van der Waals surface area contributed by atoms with Gasteiger partial charge in [0, 0.05) is 42.5 Å². The van der Waals surface area contributed by atoms with Crippen molar-refractivity contribution in [2.24, 2.45) is 7.05 Å². The second-order valence-corrected chi connectivity index (χ2v) is 7.78. The highest BCUT2D eigenvalue weighted by molar-refractivity contribution is 7.99. The third kappa shape index (κ3) is 6.07. The normalized spacial score (nSPS) is 10.9. The summed E-state index contributed by atoms with van der Waals surface area (Å²) in [6.07, 6.45) is 0. The van der Waals surface area contributed by atoms with Crippen LogP contribution in [-0.2, 0) is 20.2 Å². The van der Waals surface area contributed by atoms with Crippen molar-refractivity contribution in [3.63, 3.8) is 0 Å². The van der Waals surface area contributed by atoms with Gasteiger partial charge in [-0.25, -0.2) is 9.07 Å². The molecule has 0 atom stereocenters. The third-order valence-electron chi connectivity index (χ3n) is 4.16. The molecule has 10 heteroatoms. The first-order valence-electron chi connectivity index (χ1n) is 9.45. The van der Waals surface area contributed by atoms with Crippen LogP contribution in [0.1, 0.15) is 18.1 Å². The summed E-state index contributed by atoms with van der Waals surface area (Å²) in [5.41, 5.74) is 1.36. The van der Waals surface area contributed by atoms with Crippen molar-refractivity contribution in [3.05, 3.63) is 58.4 Å². The number of thioether (sulfide) groups is 1. The molecule has 160 valence electrons. The van der Waals surface area contributed by atoms with Gasteiger partial charge in [0.2, 0.25) is 5.16 Å². The maximum Gasteiger partial charge on any atom is 0.209 e. The van der Waals surface area contributed by atoms with E-state index < -0.39 is 0 Å². The molecule has 1 aromatic heterocycles. The number of benzene rings is 2. The largest absolute Gasteiger partial charge is 0.490 e. The number of hydrogen-bond acceptors (Lipinski definition) is 7. The fourth-order valence-electron chi connectivity index (χ4n) is 2.65. The van der Waals surface area contributed by atoms with Crippen molar-refractivity contribution in [2.75, 3.05) is 18.9 Å². The minimum absolute atomic E-state index is 0.0921. The highest BCUT2D eigenvalue weighted by Crippen LogP contribution is 2.34. The first-order valence-corrected chi connectivity index (χ1v) is 10.8. The molecule has 0 radical (unpaired) electrons. The first-order chi connectivity index (χ1) is 14.6. The number of nitrogens with zero attached hydrogens (tertiary/aromatic N) is 4. The van der Waals surface area contributed by atoms with Gasteiger partial charge in [-0.1, -0.05) is 41.6 Å². The summed E-state index contributed by atoms with van der Waals surface area (Å²) in [4.78, 5) is 0. The van der Waals surface area contributed by atoms with Gasteiger partial charge in [-0.2, -0.15) is 0 Å². The molecule has 0 amide bonds. The molecule has 0 fully saturated rings. The highest BCUT2D eigenvalue weighted by atomic mass is 35.5. The maximum absolute atomic E-state index is 13.8. The molecule has 30 heavy (non-hydrogen) atoms. The minimum Gasteiger partial charge on any atom is -0.490 e. The van der Waals surface area contributed by atoms with Gasteiger partial charge in [-0.3, -0.25) is 0 Å². The van der Waals surface area contributed by atoms with E-state index in [4.69, 9.17) is 21.1 Å². The number of nitrogens with one attached hydrogen (secondary N) is 1. The lowest BCUT2D eigenvalue weighted by Gasteiger charge is -2.15. The molecule has 0 spiro atoms. The Kier molecular flexibility index (Phi) is 8.30. The zero-order valence-corrected chi connectivity index (χ0v) is 18.3. The van der Waals surface area contributed by atoms with Gasteiger partial charge in [0.25, 0.3) is 0 Å². The summed E-state index contributed by atoms with van der Waals surface area (Å²) in [6, 6.07) is 10.1. The van der Waals surface area contributed by atoms with E-state index in [2.05, 4.69) is 20.8 Å². The second-order valence-electron chi connectivity index (χ2n) is 6.31. The van der Waals surface area contributed by atoms with E-state index in [1.54, 1.807) is 47.8 Å². The Morgan fingerprint density at radius 2 is 1.97 bits per heavy atom. The van der Waals surface area contributed by atoms with Crippen molar-refractivity contribution in [1.29, 1.82) is 0 Å². The molecule has 3 rings (SSSR count). The molecule has 0 aliphatic heterocycles. The summed E-state index contributed by atoms with van der Waals surface area (Å²) in [5.74, 6) is 1.57. The van der Waals surface area contributed by atoms with Crippen LogP contribution in [-0.4, -0.2) is 39.1 Å². The molecule has 7 nitrogen and oxygen atoms in total. The zero-order chi connectivity index (χ0) is 21.3. The number of aromatic nitrogens is 4. The van der Waals surface area contributed by atoms with Crippen molar-refractivity contribution < 1.29 is 13.9 Å². The second kappa shape index (κ2) is 11.1. The first kappa shape index (κ1) is 22.3. The fraction of sp³-hybridized carbons (Fsp3) is 0.350. The highest BCUT2D eigenvalue weighted by Gasteiger charge is 2.12. The predicted molar refractivity (Wildman–Crippen MR) is 115 cm³/mol. The van der Waals surface area contributed by atoms with E-state index in [1.165, 1.54) is 6.07 Å². The zero-order valence-electron chi connectivity index (χ0n) is 16.8. The molecule has 0 bridgehead atoms. The molecular weight excluding hydrogens is 429 g/mol. The average Bonchev–Trinajstić information content (AvgIpc) is 3.14. The average molecular weight is 452 g/mol. The van der Waals surface area contributed by atoms with Gasteiger partial charge >= 0.3 is 0 Å². The van der Waals surface area contributed by atoms with E-state index in [0.717, 1.165) is 23.0 Å². The smallest absolute Gasteiger partial charge is 0.209 e. The van der Waals surface area contributed by atoms with E-state index in [1.807, 2.05) is 13.0 Å². The van der Waals surface area contributed by atoms with E-state index in [0.29, 0.717) is 35.2 Å². The number of ether oxygens (including phenoxy) is 2. The summed E-state index contributed by atoms with van der Waals surface area (Å²) in [7, 11) is 1.81. The Balaban J connectivity index is 1.58. The SMILES string of the molecule is CCOc1cc(CNCCSc2nnnn2C)c(Cl)cc1OCc1ccccc1F. The van der Waals surface area contributed by atoms with Crippen LogP contribution in [0.5, 0.6) is 11.5 Å². The summed E-state index contributed by atoms with van der Waals surface area (Å²) in [6.45, 7) is 3.79. The molecule has 0 aliphatic rings. The maximum atomic E-state index is 13.8. The van der Waals surface area contributed by atoms with Crippen molar-refractivity contribution in [2.45, 2.75) is 25.2 Å². The van der Waals surface area contributed by atoms with Crippen LogP contribution in [0.25, 0.3) is 0 Å². The quantitative estimate of drug-likeness (QED) is 0.350. The summed E-state index contributed by atoms with van der Waals surface area (Å²) < 4.78 is 27.0. The lowest BCUT2D eigenvalue weighted by Crippen LogP contribution is -2.17. The van der Waals surface area contributed by atoms with Crippen molar-refractivity contribution in [1.82, 2.24) is 25.5 Å². The summed E-state index contributed by atoms with van der Waals surface area (Å²) >= 11 is 8.01. The molecule has 2 aromatic carbocycles. The topological polar surface area (TPSA) is 74.1 Å². The molecule has 0 saturated carbocycles. The van der Waals surface area contributed by atoms with Crippen LogP contribution < -0.4 is 14.8 Å². The minimum atomic E-state index is -0.308. The Labute approximate surface area is 183 Å². The van der Waals surface area contributed by atoms with Crippen LogP contribution in [0.4, 0.5) is 4.39 Å². The standard InChI is InChI=1S/C20H23ClFN5O2S/c1-3-28-18-10-15(12-23-8-9-30-20-24-25-26-27(20)2)16(21)11-19(18)29-13-14-6-4-5-7-17(14)22/h4-7,10-11,23H,3,8-9,12-13H2,1-2H3. The molecule has 0 unspecified atom stereocenters. The van der Waals surface area contributed by atoms with Gasteiger partial charge in [0.15, 0.2) is 11.5 Å². The van der Waals surface area contributed by atoms with Crippen LogP contribution in [0, 0.1) is 5.82 Å². The molecule has 3 aromatic rings. The third-order valence-corrected chi connectivity index (χ3v) is 5.52. The number of tetrazole rings is 1. The van der Waals surface area contributed by atoms with Gasteiger partial charge in [-0.15, -0.1) is 5.10 Å². The fourth-order valence-corrected chi connectivity index (χ4v) is 3.61. The molecule has 0 saturated heterocycles. The summed E-state index contributed by atoms with van der Waals surface area (Å²) in [5, 5.41) is 16.0. The van der Waals surface area contributed by atoms with Gasteiger partial charge in [0.1, 0.15) is 12.4 Å². The van der Waals surface area contributed by atoms with Crippen LogP contribution in [0.3, 0.4) is 0 Å². The predicted octanol–water partition coefficient (Wildman–Crippen LogP) is 3.86. The van der Waals surface area contributed by atoms with Gasteiger partial charge < -0.3 is 14.8 Å². The number of halogens is 2. The lowest BCUT2D eigenvalue weighted by molar-refractivity contribution is 0.265. The molecule has 1 heterocycles. The Morgan fingerprint density at radius 3 is 2.70 bits per heavy atom. The van der Waals surface area contributed by atoms with Gasteiger partial charge in [-0.05, 0) is 35.0 Å². The van der Waals surface area contributed by atoms with Crippen LogP contribution in [0.15, 0.2) is 41.6 Å². The Morgan fingerprint density at radius 1 is 1.17 bits per heavy atom. The van der Waals surface area contributed by atoms with E-state index in [9.17, 15) is 4.39 Å². The lowest BCUT2D eigenvalue weighted by atomic mass is 10.2. The molecule has 0 aliphatic carbocycles. The van der Waals surface area contributed by atoms with E-state index >= 15 is 0 Å². The van der Waals surface area contributed by atoms with Crippen LogP contribution in [0.2, 0.25) is 5.02 Å². The molecular formula is C20H23ClFN5O2S. The van der Waals surface area contributed by atoms with Gasteiger partial charge in [0.05, 0.1) is 6.61 Å². The monoisotopic (exact) mass is 451 g/mol. The number of hydrogen-bond donors (Lipinski definition) is 1. The number of rotatable bonds is 11.